The molecule has 0 radical (unpaired) electrons. The molecule has 1 atom stereocenters. The number of nitrogens with two attached hydrogens (primary N) is 1. The standard InChI is InChI=1S/C16H20N2O/c1-11-9-12(2)18-16(15(11)10-17)19-13(3)14-7-5-4-6-8-14/h4-9,13H,10,17H2,1-3H3. The van der Waals surface area contributed by atoms with Crippen molar-refractivity contribution in [3.8, 4) is 5.88 Å². The molecule has 0 saturated heterocycles. The van der Waals surface area contributed by atoms with E-state index < -0.39 is 0 Å². The third kappa shape index (κ3) is 3.12. The summed E-state index contributed by atoms with van der Waals surface area (Å²) in [5.41, 5.74) is 9.99. The van der Waals surface area contributed by atoms with Crippen LogP contribution in [0.2, 0.25) is 0 Å². The van der Waals surface area contributed by atoms with Gasteiger partial charge in [-0.1, -0.05) is 30.3 Å². The van der Waals surface area contributed by atoms with Crippen LogP contribution in [-0.2, 0) is 6.54 Å². The number of hydrogen-bond donors (Lipinski definition) is 1. The van der Waals surface area contributed by atoms with Crippen molar-refractivity contribution in [2.24, 2.45) is 5.73 Å². The molecule has 0 amide bonds. The van der Waals surface area contributed by atoms with E-state index in [9.17, 15) is 0 Å². The molecule has 1 aromatic heterocycles. The molecule has 3 nitrogen and oxygen atoms in total. The van der Waals surface area contributed by atoms with Crippen molar-refractivity contribution in [1.82, 2.24) is 4.98 Å². The minimum absolute atomic E-state index is 0.0415. The molecule has 2 aromatic rings. The number of hydrogen-bond acceptors (Lipinski definition) is 3. The van der Waals surface area contributed by atoms with Crippen LogP contribution in [0.1, 0.15) is 35.4 Å². The normalized spacial score (nSPS) is 12.2. The highest BCUT2D eigenvalue weighted by atomic mass is 16.5. The van der Waals surface area contributed by atoms with Gasteiger partial charge in [-0.05, 0) is 38.0 Å². The molecule has 0 aliphatic rings. The number of rotatable bonds is 4. The quantitative estimate of drug-likeness (QED) is 0.913. The number of benzene rings is 1. The first-order valence-electron chi connectivity index (χ1n) is 6.50. The van der Waals surface area contributed by atoms with Gasteiger partial charge in [0.25, 0.3) is 0 Å². The average Bonchev–Trinajstić information content (AvgIpc) is 2.39. The van der Waals surface area contributed by atoms with Crippen LogP contribution in [-0.4, -0.2) is 4.98 Å². The van der Waals surface area contributed by atoms with Crippen molar-refractivity contribution >= 4 is 0 Å². The van der Waals surface area contributed by atoms with Crippen LogP contribution in [0.5, 0.6) is 5.88 Å². The molecule has 3 heteroatoms. The monoisotopic (exact) mass is 256 g/mol. The summed E-state index contributed by atoms with van der Waals surface area (Å²) < 4.78 is 5.99. The van der Waals surface area contributed by atoms with Gasteiger partial charge in [0.15, 0.2) is 0 Å². The van der Waals surface area contributed by atoms with Crippen molar-refractivity contribution in [2.75, 3.05) is 0 Å². The summed E-state index contributed by atoms with van der Waals surface area (Å²) in [7, 11) is 0. The summed E-state index contributed by atoms with van der Waals surface area (Å²) >= 11 is 0. The first kappa shape index (κ1) is 13.6. The minimum Gasteiger partial charge on any atom is -0.470 e. The van der Waals surface area contributed by atoms with Crippen LogP contribution in [0.4, 0.5) is 0 Å². The summed E-state index contributed by atoms with van der Waals surface area (Å²) in [6.45, 7) is 6.47. The molecular weight excluding hydrogens is 236 g/mol. The van der Waals surface area contributed by atoms with E-state index in [0.717, 1.165) is 22.4 Å². The first-order valence-corrected chi connectivity index (χ1v) is 6.50. The maximum atomic E-state index is 5.99. The number of ether oxygens (including phenoxy) is 1. The molecule has 0 fully saturated rings. The zero-order valence-corrected chi connectivity index (χ0v) is 11.7. The molecular formula is C16H20N2O. The smallest absolute Gasteiger partial charge is 0.218 e. The van der Waals surface area contributed by atoms with E-state index in [4.69, 9.17) is 10.5 Å². The fraction of sp³-hybridized carbons (Fsp3) is 0.312. The summed E-state index contributed by atoms with van der Waals surface area (Å²) in [5.74, 6) is 0.649. The molecule has 2 N–H and O–H groups in total. The van der Waals surface area contributed by atoms with E-state index in [2.05, 4.69) is 17.1 Å². The molecule has 0 aliphatic carbocycles. The molecule has 1 heterocycles. The molecule has 2 rings (SSSR count). The highest BCUT2D eigenvalue weighted by Crippen LogP contribution is 2.25. The van der Waals surface area contributed by atoms with E-state index in [-0.39, 0.29) is 6.10 Å². The molecule has 19 heavy (non-hydrogen) atoms. The highest BCUT2D eigenvalue weighted by Gasteiger charge is 2.13. The lowest BCUT2D eigenvalue weighted by Gasteiger charge is -2.18. The lowest BCUT2D eigenvalue weighted by molar-refractivity contribution is 0.214. The highest BCUT2D eigenvalue weighted by molar-refractivity contribution is 5.36. The summed E-state index contributed by atoms with van der Waals surface area (Å²) in [6, 6.07) is 12.1. The van der Waals surface area contributed by atoms with Gasteiger partial charge in [0.1, 0.15) is 6.10 Å². The topological polar surface area (TPSA) is 48.1 Å². The molecule has 0 bridgehead atoms. The van der Waals surface area contributed by atoms with Gasteiger partial charge in [-0.25, -0.2) is 4.98 Å². The molecule has 1 aromatic carbocycles. The maximum absolute atomic E-state index is 5.99. The Morgan fingerprint density at radius 1 is 1.21 bits per heavy atom. The molecule has 100 valence electrons. The predicted molar refractivity (Wildman–Crippen MR) is 77.1 cm³/mol. The number of nitrogens with zero attached hydrogens (tertiary/aromatic N) is 1. The average molecular weight is 256 g/mol. The Morgan fingerprint density at radius 2 is 1.89 bits per heavy atom. The van der Waals surface area contributed by atoms with E-state index in [0.29, 0.717) is 12.4 Å². The van der Waals surface area contributed by atoms with Crippen molar-refractivity contribution in [3.63, 3.8) is 0 Å². The van der Waals surface area contributed by atoms with Crippen LogP contribution in [0.15, 0.2) is 36.4 Å². The van der Waals surface area contributed by atoms with E-state index >= 15 is 0 Å². The van der Waals surface area contributed by atoms with Gasteiger partial charge in [0, 0.05) is 17.8 Å². The van der Waals surface area contributed by atoms with Gasteiger partial charge >= 0.3 is 0 Å². The SMILES string of the molecule is Cc1cc(C)c(CN)c(OC(C)c2ccccc2)n1. The van der Waals surface area contributed by atoms with Crippen molar-refractivity contribution in [1.29, 1.82) is 0 Å². The minimum atomic E-state index is -0.0415. The largest absolute Gasteiger partial charge is 0.470 e. The fourth-order valence-corrected chi connectivity index (χ4v) is 2.13. The van der Waals surface area contributed by atoms with E-state index in [1.54, 1.807) is 0 Å². The number of pyridine rings is 1. The van der Waals surface area contributed by atoms with Crippen LogP contribution in [0.25, 0.3) is 0 Å². The Labute approximate surface area is 114 Å². The fourth-order valence-electron chi connectivity index (χ4n) is 2.13. The van der Waals surface area contributed by atoms with Crippen LogP contribution in [0.3, 0.4) is 0 Å². The summed E-state index contributed by atoms with van der Waals surface area (Å²) in [4.78, 5) is 4.47. The predicted octanol–water partition coefficient (Wildman–Crippen LogP) is 3.30. The third-order valence-electron chi connectivity index (χ3n) is 3.20. The third-order valence-corrected chi connectivity index (χ3v) is 3.20. The van der Waals surface area contributed by atoms with Gasteiger partial charge in [0.05, 0.1) is 0 Å². The second kappa shape index (κ2) is 5.85. The van der Waals surface area contributed by atoms with Crippen LogP contribution >= 0.6 is 0 Å². The second-order valence-electron chi connectivity index (χ2n) is 4.74. The van der Waals surface area contributed by atoms with E-state index in [1.165, 1.54) is 0 Å². The Hall–Kier alpha value is -1.87. The Bertz CT molecular complexity index is 552. The van der Waals surface area contributed by atoms with E-state index in [1.807, 2.05) is 45.0 Å². The lowest BCUT2D eigenvalue weighted by Crippen LogP contribution is -2.10. The zero-order valence-electron chi connectivity index (χ0n) is 11.7. The van der Waals surface area contributed by atoms with Crippen molar-refractivity contribution in [2.45, 2.75) is 33.4 Å². The van der Waals surface area contributed by atoms with Gasteiger partial charge < -0.3 is 10.5 Å². The van der Waals surface area contributed by atoms with Crippen LogP contribution in [0, 0.1) is 13.8 Å². The van der Waals surface area contributed by atoms with Gasteiger partial charge in [0.2, 0.25) is 5.88 Å². The Kier molecular flexibility index (Phi) is 4.17. The lowest BCUT2D eigenvalue weighted by atomic mass is 10.1. The maximum Gasteiger partial charge on any atom is 0.218 e. The Morgan fingerprint density at radius 3 is 2.53 bits per heavy atom. The number of aryl methyl sites for hydroxylation is 2. The molecule has 1 unspecified atom stereocenters. The number of aromatic nitrogens is 1. The zero-order chi connectivity index (χ0) is 13.8. The second-order valence-corrected chi connectivity index (χ2v) is 4.74. The van der Waals surface area contributed by atoms with Crippen molar-refractivity contribution in [3.05, 3.63) is 58.8 Å². The summed E-state index contributed by atoms with van der Waals surface area (Å²) in [6.07, 6.45) is -0.0415. The van der Waals surface area contributed by atoms with Crippen LogP contribution < -0.4 is 10.5 Å². The van der Waals surface area contributed by atoms with Gasteiger partial charge in [-0.15, -0.1) is 0 Å². The summed E-state index contributed by atoms with van der Waals surface area (Å²) in [5, 5.41) is 0. The molecule has 0 aliphatic heterocycles. The Balaban J connectivity index is 2.28. The van der Waals surface area contributed by atoms with Gasteiger partial charge in [-0.2, -0.15) is 0 Å². The molecule has 0 saturated carbocycles. The van der Waals surface area contributed by atoms with Crippen molar-refractivity contribution < 1.29 is 4.74 Å². The first-order chi connectivity index (χ1) is 9.11. The molecule has 0 spiro atoms. The van der Waals surface area contributed by atoms with Gasteiger partial charge in [-0.3, -0.25) is 0 Å².